The van der Waals surface area contributed by atoms with E-state index in [9.17, 15) is 64.7 Å². The molecule has 0 saturated carbocycles. The van der Waals surface area contributed by atoms with Crippen LogP contribution in [0.15, 0.2) is 66.4 Å². The minimum atomic E-state index is -1.44. The van der Waals surface area contributed by atoms with Crippen LogP contribution >= 0.6 is 11.6 Å². The SMILES string of the molecule is [C-]#[N+]c1c(C)c(N=Nc2cc(C(=O)O)ccc2C(=O)O)c(=O)n(C(CCCCC)Nc2nc(Cl)nc(NCCCCCCn3c(O)c(C#N)c(C)c(N=Nc4cc(C(=O)O)ccc4C(=O)O)c3=O)n2)c1O. The lowest BCUT2D eigenvalue weighted by molar-refractivity contribution is 0.0682. The molecule has 0 amide bonds. The standard InChI is InChI=1S/C45H44ClN13O12/c1-5-6-9-12-31(59-37(62)32(48-4)23(3)34(38(59)63)57-55-30-20-25(40(66)67)14-16-27(30)42(70)71)50-45-52-43(46)51-44(53-45)49-17-10-7-8-11-18-58-35(60)28(21-47)22(2)33(36(58)61)56-54-29-19-24(39(64)65)13-15-26(29)41(68)69/h13-16,19-20,31,60,62H,5-12,17-18H2,1-3H3,(H,64,65)(H,66,67)(H,68,69)(H,70,71)(H2,49,50,51,52,53). The van der Waals surface area contributed by atoms with Crippen LogP contribution in [0.5, 0.6) is 11.8 Å². The first-order valence-corrected chi connectivity index (χ1v) is 21.9. The van der Waals surface area contributed by atoms with Gasteiger partial charge in [0, 0.05) is 18.7 Å². The number of hydrogen-bond acceptors (Lipinski definition) is 18. The third-order valence-electron chi connectivity index (χ3n) is 10.8. The van der Waals surface area contributed by atoms with Gasteiger partial charge in [-0.05, 0) is 93.1 Å². The maximum absolute atomic E-state index is 14.2. The number of nitriles is 1. The first kappa shape index (κ1) is 52.9. The zero-order chi connectivity index (χ0) is 52.1. The molecule has 0 bridgehead atoms. The first-order chi connectivity index (χ1) is 33.8. The van der Waals surface area contributed by atoms with Crippen LogP contribution < -0.4 is 21.8 Å². The highest BCUT2D eigenvalue weighted by molar-refractivity contribution is 6.28. The maximum Gasteiger partial charge on any atom is 0.337 e. The number of azo groups is 2. The second kappa shape index (κ2) is 23.8. The summed E-state index contributed by atoms with van der Waals surface area (Å²) in [6.07, 6.45) is 3.02. The Kier molecular flexibility index (Phi) is 17.7. The predicted molar refractivity (Wildman–Crippen MR) is 253 cm³/mol. The lowest BCUT2D eigenvalue weighted by Gasteiger charge is -2.24. The summed E-state index contributed by atoms with van der Waals surface area (Å²) >= 11 is 6.29. The van der Waals surface area contributed by atoms with E-state index in [1.54, 1.807) is 0 Å². The summed E-state index contributed by atoms with van der Waals surface area (Å²) in [5.74, 6) is -7.01. The van der Waals surface area contributed by atoms with Gasteiger partial charge in [0.25, 0.3) is 11.1 Å². The van der Waals surface area contributed by atoms with Crippen LogP contribution in [-0.4, -0.2) is 85.1 Å². The van der Waals surface area contributed by atoms with Crippen molar-refractivity contribution in [2.24, 2.45) is 20.5 Å². The van der Waals surface area contributed by atoms with Crippen molar-refractivity contribution in [2.75, 3.05) is 17.2 Å². The van der Waals surface area contributed by atoms with Gasteiger partial charge in [0.05, 0.1) is 28.8 Å². The molecule has 8 N–H and O–H groups in total. The fourth-order valence-electron chi connectivity index (χ4n) is 7.08. The van der Waals surface area contributed by atoms with E-state index in [-0.39, 0.29) is 86.3 Å². The molecule has 5 aromatic rings. The van der Waals surface area contributed by atoms with Gasteiger partial charge in [0.15, 0.2) is 11.6 Å². The number of aromatic nitrogens is 5. The number of aromatic carboxylic acids is 4. The predicted octanol–water partition coefficient (Wildman–Crippen LogP) is 8.79. The van der Waals surface area contributed by atoms with E-state index in [4.69, 9.17) is 18.2 Å². The number of benzene rings is 2. The Morgan fingerprint density at radius 3 is 1.86 bits per heavy atom. The zero-order valence-corrected chi connectivity index (χ0v) is 38.8. The average Bonchev–Trinajstić information content (AvgIpc) is 3.31. The summed E-state index contributed by atoms with van der Waals surface area (Å²) in [5, 5.41) is 91.4. The van der Waals surface area contributed by atoms with Gasteiger partial charge < -0.3 is 41.3 Å². The van der Waals surface area contributed by atoms with Gasteiger partial charge in [0.2, 0.25) is 28.7 Å². The fraction of sp³-hybridized carbons (Fsp3) is 0.311. The van der Waals surface area contributed by atoms with Crippen molar-refractivity contribution in [3.8, 4) is 17.8 Å². The number of rotatable bonds is 23. The quantitative estimate of drug-likeness (QED) is 0.0172. The number of halogens is 1. The van der Waals surface area contributed by atoms with Gasteiger partial charge in [-0.2, -0.15) is 20.2 Å². The molecule has 3 aromatic heterocycles. The van der Waals surface area contributed by atoms with E-state index in [0.717, 1.165) is 52.0 Å². The van der Waals surface area contributed by atoms with Crippen LogP contribution in [-0.2, 0) is 6.54 Å². The maximum atomic E-state index is 14.2. The molecule has 1 unspecified atom stereocenters. The summed E-state index contributed by atoms with van der Waals surface area (Å²) in [6, 6.07) is 7.96. The monoisotopic (exact) mass is 993 g/mol. The molecule has 0 aliphatic rings. The molecule has 1 atom stereocenters. The minimum Gasteiger partial charge on any atom is -0.503 e. The Bertz CT molecular complexity index is 3190. The van der Waals surface area contributed by atoms with E-state index in [1.807, 2.05) is 13.0 Å². The number of carbonyl (C=O) groups is 4. The van der Waals surface area contributed by atoms with Gasteiger partial charge in [-0.25, -0.2) is 24.0 Å². The second-order valence-corrected chi connectivity index (χ2v) is 15.8. The van der Waals surface area contributed by atoms with E-state index in [1.165, 1.54) is 13.8 Å². The van der Waals surface area contributed by atoms with E-state index < -0.39 is 64.2 Å². The molecule has 368 valence electrons. The molecule has 3 heterocycles. The Balaban J connectivity index is 1.31. The lowest BCUT2D eigenvalue weighted by Crippen LogP contribution is -2.30. The molecule has 0 saturated heterocycles. The largest absolute Gasteiger partial charge is 0.503 e. The van der Waals surface area contributed by atoms with Gasteiger partial charge in [-0.3, -0.25) is 18.7 Å². The van der Waals surface area contributed by atoms with Crippen molar-refractivity contribution in [1.82, 2.24) is 24.1 Å². The van der Waals surface area contributed by atoms with Crippen LogP contribution in [0.3, 0.4) is 0 Å². The van der Waals surface area contributed by atoms with Crippen molar-refractivity contribution in [3.05, 3.63) is 113 Å². The van der Waals surface area contributed by atoms with E-state index in [2.05, 4.69) is 50.9 Å². The molecule has 0 aliphatic heterocycles. The second-order valence-electron chi connectivity index (χ2n) is 15.5. The third kappa shape index (κ3) is 12.5. The summed E-state index contributed by atoms with van der Waals surface area (Å²) in [5.41, 5.74) is -5.40. The number of aromatic hydroxyl groups is 2. The Morgan fingerprint density at radius 1 is 0.761 bits per heavy atom. The van der Waals surface area contributed by atoms with Gasteiger partial charge >= 0.3 is 23.9 Å². The summed E-state index contributed by atoms with van der Waals surface area (Å²) in [6.45, 7) is 12.7. The van der Waals surface area contributed by atoms with Crippen molar-refractivity contribution in [3.63, 3.8) is 0 Å². The molecular weight excluding hydrogens is 950 g/mol. The molecule has 0 spiro atoms. The number of hydrogen-bond donors (Lipinski definition) is 8. The number of carboxylic acids is 4. The number of pyridine rings is 2. The Labute approximate surface area is 407 Å². The van der Waals surface area contributed by atoms with Crippen LogP contribution in [0.25, 0.3) is 4.85 Å². The zero-order valence-electron chi connectivity index (χ0n) is 38.0. The van der Waals surface area contributed by atoms with Crippen LogP contribution in [0.4, 0.5) is 40.3 Å². The van der Waals surface area contributed by atoms with Crippen LogP contribution in [0.1, 0.15) is 123 Å². The van der Waals surface area contributed by atoms with Crippen molar-refractivity contribution < 1.29 is 49.8 Å². The molecule has 26 heteroatoms. The van der Waals surface area contributed by atoms with Crippen molar-refractivity contribution >= 4 is 75.8 Å². The Morgan fingerprint density at radius 2 is 1.32 bits per heavy atom. The molecular formula is C45H44ClN13O12. The topological polar surface area (TPSA) is 374 Å². The normalized spacial score (nSPS) is 11.6. The summed E-state index contributed by atoms with van der Waals surface area (Å²) in [4.78, 5) is 90.5. The lowest BCUT2D eigenvalue weighted by atomic mass is 10.1. The fourth-order valence-corrected chi connectivity index (χ4v) is 7.24. The highest BCUT2D eigenvalue weighted by Crippen LogP contribution is 2.38. The van der Waals surface area contributed by atoms with Gasteiger partial charge in [-0.15, -0.1) is 20.5 Å². The number of nitrogens with one attached hydrogen (secondary N) is 2. The number of anilines is 2. The molecule has 25 nitrogen and oxygen atoms in total. The molecule has 2 aromatic carbocycles. The van der Waals surface area contributed by atoms with Crippen molar-refractivity contribution in [2.45, 2.75) is 84.8 Å². The smallest absolute Gasteiger partial charge is 0.337 e. The molecule has 0 fully saturated rings. The van der Waals surface area contributed by atoms with Gasteiger partial charge in [0.1, 0.15) is 34.9 Å². The molecule has 0 aliphatic carbocycles. The highest BCUT2D eigenvalue weighted by atomic mass is 35.5. The van der Waals surface area contributed by atoms with Crippen LogP contribution in [0.2, 0.25) is 5.28 Å². The first-order valence-electron chi connectivity index (χ1n) is 21.5. The van der Waals surface area contributed by atoms with Crippen molar-refractivity contribution in [1.29, 1.82) is 5.26 Å². The molecule has 0 radical (unpaired) electrons. The van der Waals surface area contributed by atoms with E-state index >= 15 is 0 Å². The summed E-state index contributed by atoms with van der Waals surface area (Å²) in [7, 11) is 0. The van der Waals surface area contributed by atoms with Gasteiger partial charge in [-0.1, -0.05) is 32.6 Å². The number of nitrogens with zero attached hydrogens (tertiary/aromatic N) is 11. The average molecular weight is 994 g/mol. The highest BCUT2D eigenvalue weighted by Gasteiger charge is 2.26. The third-order valence-corrected chi connectivity index (χ3v) is 11.0. The summed E-state index contributed by atoms with van der Waals surface area (Å²) < 4.78 is 1.82. The Hall–Kier alpha value is -9.10. The number of carboxylic acid groups (broad SMARTS) is 4. The molecule has 71 heavy (non-hydrogen) atoms. The molecule has 5 rings (SSSR count). The number of unbranched alkanes of at least 4 members (excludes halogenated alkanes) is 5. The van der Waals surface area contributed by atoms with E-state index in [0.29, 0.717) is 45.1 Å². The van der Waals surface area contributed by atoms with Crippen LogP contribution in [0, 0.1) is 31.8 Å². The minimum absolute atomic E-state index is 0.0253.